The number of aliphatic hydroxyl groups is 1. The summed E-state index contributed by atoms with van der Waals surface area (Å²) in [4.78, 5) is 64.2. The lowest BCUT2D eigenvalue weighted by Gasteiger charge is -2.38. The van der Waals surface area contributed by atoms with Gasteiger partial charge in [0.1, 0.15) is 17.9 Å². The first kappa shape index (κ1) is 41.0. The summed E-state index contributed by atoms with van der Waals surface area (Å²) in [6.07, 6.45) is 3.02. The summed E-state index contributed by atoms with van der Waals surface area (Å²) in [5.41, 5.74) is -0.479. The highest BCUT2D eigenvalue weighted by atomic mass is 19.4. The summed E-state index contributed by atoms with van der Waals surface area (Å²) in [5.74, 6) is -2.89. The van der Waals surface area contributed by atoms with E-state index >= 15 is 4.39 Å². The van der Waals surface area contributed by atoms with Crippen molar-refractivity contribution in [2.24, 2.45) is 7.05 Å². The van der Waals surface area contributed by atoms with Crippen molar-refractivity contribution in [3.8, 4) is 5.69 Å². The van der Waals surface area contributed by atoms with Gasteiger partial charge in [-0.2, -0.15) is 13.2 Å². The van der Waals surface area contributed by atoms with Crippen LogP contribution in [0.2, 0.25) is 0 Å². The molecular formula is C40H42F4N6O7. The minimum atomic E-state index is -4.65. The molecule has 1 saturated heterocycles. The number of amides is 1. The van der Waals surface area contributed by atoms with Crippen LogP contribution in [0.4, 0.5) is 23.2 Å². The van der Waals surface area contributed by atoms with Gasteiger partial charge in [-0.1, -0.05) is 31.4 Å². The second kappa shape index (κ2) is 17.6. The SMILES string of the molecule is Cc1cc(N2CCOC[C@@H]2C(F)(F)F)cc(F)c1C(=O)N[C@@H](Cc1ccc(-n2c(=O)c3ccncc3n(C)c2=O)c2ncccc12)C(=O)OCCCCCCCO. The van der Waals surface area contributed by atoms with E-state index in [9.17, 15) is 32.3 Å². The third-order valence-electron chi connectivity index (χ3n) is 10.1. The Morgan fingerprint density at radius 2 is 1.82 bits per heavy atom. The molecule has 0 aliphatic carbocycles. The first-order chi connectivity index (χ1) is 27.3. The number of halogens is 4. The second-order valence-corrected chi connectivity index (χ2v) is 13.9. The van der Waals surface area contributed by atoms with Gasteiger partial charge in [-0.25, -0.2) is 18.5 Å². The van der Waals surface area contributed by atoms with Crippen molar-refractivity contribution in [2.75, 3.05) is 37.9 Å². The predicted octanol–water partition coefficient (Wildman–Crippen LogP) is 4.67. The molecule has 4 heterocycles. The van der Waals surface area contributed by atoms with Crippen LogP contribution in [-0.4, -0.2) is 87.3 Å². The lowest BCUT2D eigenvalue weighted by atomic mass is 9.99. The maximum atomic E-state index is 15.8. The van der Waals surface area contributed by atoms with Gasteiger partial charge < -0.3 is 24.8 Å². The lowest BCUT2D eigenvalue weighted by Crippen LogP contribution is -2.53. The number of aromatic nitrogens is 4. The lowest BCUT2D eigenvalue weighted by molar-refractivity contribution is -0.167. The van der Waals surface area contributed by atoms with Crippen molar-refractivity contribution < 1.29 is 41.7 Å². The molecule has 3 aromatic heterocycles. The summed E-state index contributed by atoms with van der Waals surface area (Å²) in [7, 11) is 1.51. The number of morpholine rings is 1. The number of nitrogens with zero attached hydrogens (tertiary/aromatic N) is 5. The number of benzene rings is 2. The van der Waals surface area contributed by atoms with E-state index in [1.54, 1.807) is 18.2 Å². The molecule has 2 N–H and O–H groups in total. The molecule has 0 unspecified atom stereocenters. The maximum Gasteiger partial charge on any atom is 0.411 e. The van der Waals surface area contributed by atoms with Gasteiger partial charge in [0.25, 0.3) is 11.5 Å². The fraction of sp³-hybridized carbons (Fsp3) is 0.400. The summed E-state index contributed by atoms with van der Waals surface area (Å²) in [5, 5.41) is 12.3. The van der Waals surface area contributed by atoms with Crippen LogP contribution in [0, 0.1) is 12.7 Å². The smallest absolute Gasteiger partial charge is 0.411 e. The van der Waals surface area contributed by atoms with Gasteiger partial charge >= 0.3 is 17.8 Å². The van der Waals surface area contributed by atoms with Gasteiger partial charge in [-0.3, -0.25) is 24.1 Å². The molecule has 6 rings (SSSR count). The zero-order valence-corrected chi connectivity index (χ0v) is 31.4. The number of hydrogen-bond donors (Lipinski definition) is 2. The number of rotatable bonds is 14. The van der Waals surface area contributed by atoms with Gasteiger partial charge in [0, 0.05) is 50.1 Å². The molecule has 1 aliphatic heterocycles. The fourth-order valence-corrected chi connectivity index (χ4v) is 7.11. The van der Waals surface area contributed by atoms with Crippen LogP contribution in [0.3, 0.4) is 0 Å². The Labute approximate surface area is 323 Å². The van der Waals surface area contributed by atoms with Crippen molar-refractivity contribution in [1.82, 2.24) is 24.4 Å². The number of unbranched alkanes of at least 4 members (excludes halogenated alkanes) is 4. The van der Waals surface area contributed by atoms with Crippen LogP contribution < -0.4 is 21.5 Å². The Hall–Kier alpha value is -5.68. The average Bonchev–Trinajstić information content (AvgIpc) is 3.19. The molecule has 0 bridgehead atoms. The zero-order valence-electron chi connectivity index (χ0n) is 31.4. The number of pyridine rings is 2. The number of hydrogen-bond acceptors (Lipinski definition) is 10. The number of nitrogens with one attached hydrogen (secondary N) is 1. The number of aliphatic hydroxyl groups excluding tert-OH is 1. The second-order valence-electron chi connectivity index (χ2n) is 13.9. The minimum absolute atomic E-state index is 0.000480. The number of alkyl halides is 3. The first-order valence-corrected chi connectivity index (χ1v) is 18.5. The molecular weight excluding hydrogens is 752 g/mol. The summed E-state index contributed by atoms with van der Waals surface area (Å²) in [6, 6.07) is 6.69. The molecule has 2 aromatic carbocycles. The number of fused-ring (bicyclic) bond motifs is 2. The highest BCUT2D eigenvalue weighted by Gasteiger charge is 2.45. The molecule has 5 aromatic rings. The molecule has 2 atom stereocenters. The number of aryl methyl sites for hydroxylation is 2. The summed E-state index contributed by atoms with van der Waals surface area (Å²) >= 11 is 0. The zero-order chi connectivity index (χ0) is 40.9. The predicted molar refractivity (Wildman–Crippen MR) is 203 cm³/mol. The Bertz CT molecular complexity index is 2380. The van der Waals surface area contributed by atoms with E-state index in [2.05, 4.69) is 15.3 Å². The van der Waals surface area contributed by atoms with Crippen LogP contribution >= 0.6 is 0 Å². The third kappa shape index (κ3) is 8.83. The number of carbonyl (C=O) groups excluding carboxylic acids is 2. The molecule has 302 valence electrons. The van der Waals surface area contributed by atoms with Crippen molar-refractivity contribution in [3.05, 3.63) is 104 Å². The van der Waals surface area contributed by atoms with Gasteiger partial charge in [0.05, 0.1) is 53.7 Å². The molecule has 0 saturated carbocycles. The summed E-state index contributed by atoms with van der Waals surface area (Å²) in [6.45, 7) is 0.726. The normalized spacial score (nSPS) is 15.2. The third-order valence-corrected chi connectivity index (χ3v) is 10.1. The minimum Gasteiger partial charge on any atom is -0.464 e. The largest absolute Gasteiger partial charge is 0.464 e. The van der Waals surface area contributed by atoms with E-state index in [1.165, 1.54) is 55.3 Å². The van der Waals surface area contributed by atoms with E-state index in [-0.39, 0.29) is 60.6 Å². The van der Waals surface area contributed by atoms with Crippen molar-refractivity contribution in [1.29, 1.82) is 0 Å². The first-order valence-electron chi connectivity index (χ1n) is 18.5. The molecule has 17 heteroatoms. The molecule has 1 amide bonds. The van der Waals surface area contributed by atoms with Crippen molar-refractivity contribution in [3.63, 3.8) is 0 Å². The number of ether oxygens (including phenoxy) is 2. The number of anilines is 1. The Morgan fingerprint density at radius 3 is 2.58 bits per heavy atom. The highest BCUT2D eigenvalue weighted by molar-refractivity contribution is 5.99. The standard InChI is InChI=1S/C40H42F4N6O7/c1-24-19-26(49-15-18-56-23-33(49)40(42,43)44)21-29(41)34(24)36(52)47-30(38(54)57-17-7-5-3-4-6-16-51)20-25-10-11-31(35-27(25)9-8-13-46-35)50-37(53)28-12-14-45-22-32(28)48(2)39(50)55/h8-14,19,21-22,30,33,51H,3-7,15-18,20,23H2,1-2H3,(H,47,52)/t30-,33+/m0/s1. The van der Waals surface area contributed by atoms with E-state index in [4.69, 9.17) is 14.6 Å². The molecule has 0 spiro atoms. The molecule has 0 radical (unpaired) electrons. The van der Waals surface area contributed by atoms with E-state index in [1.807, 2.05) is 0 Å². The van der Waals surface area contributed by atoms with Crippen LogP contribution in [-0.2, 0) is 27.7 Å². The number of carbonyl (C=O) groups is 2. The molecule has 13 nitrogen and oxygen atoms in total. The van der Waals surface area contributed by atoms with E-state index < -0.39 is 59.4 Å². The molecule has 57 heavy (non-hydrogen) atoms. The Morgan fingerprint density at radius 1 is 1.05 bits per heavy atom. The van der Waals surface area contributed by atoms with Crippen LogP contribution in [0.5, 0.6) is 0 Å². The van der Waals surface area contributed by atoms with Gasteiger partial charge in [0.2, 0.25) is 0 Å². The molecule has 1 aliphatic rings. The van der Waals surface area contributed by atoms with E-state index in [0.29, 0.717) is 29.3 Å². The van der Waals surface area contributed by atoms with Crippen LogP contribution in [0.1, 0.15) is 53.6 Å². The maximum absolute atomic E-state index is 15.8. The van der Waals surface area contributed by atoms with Crippen molar-refractivity contribution >= 4 is 39.4 Å². The Balaban J connectivity index is 1.33. The quantitative estimate of drug-likeness (QED) is 0.0920. The van der Waals surface area contributed by atoms with Gasteiger partial charge in [0.15, 0.2) is 0 Å². The molecule has 1 fully saturated rings. The topological polar surface area (TPSA) is 158 Å². The van der Waals surface area contributed by atoms with E-state index in [0.717, 1.165) is 34.8 Å². The average molecular weight is 795 g/mol. The van der Waals surface area contributed by atoms with Crippen LogP contribution in [0.15, 0.2) is 70.6 Å². The van der Waals surface area contributed by atoms with Crippen molar-refractivity contribution in [2.45, 2.75) is 63.7 Å². The fourth-order valence-electron chi connectivity index (χ4n) is 7.11. The Kier molecular flexibility index (Phi) is 12.7. The van der Waals surface area contributed by atoms with Gasteiger partial charge in [-0.05, 0) is 61.2 Å². The van der Waals surface area contributed by atoms with Crippen LogP contribution in [0.25, 0.3) is 27.5 Å². The number of esters is 1. The monoisotopic (exact) mass is 794 g/mol. The highest BCUT2D eigenvalue weighted by Crippen LogP contribution is 2.33. The van der Waals surface area contributed by atoms with Gasteiger partial charge in [-0.15, -0.1) is 0 Å². The summed E-state index contributed by atoms with van der Waals surface area (Å²) < 4.78 is 70.1.